The smallest absolute Gasteiger partial charge is 0.273 e. The van der Waals surface area contributed by atoms with Crippen LogP contribution in [0.25, 0.3) is 0 Å². The summed E-state index contributed by atoms with van der Waals surface area (Å²) in [6, 6.07) is 3.18. The van der Waals surface area contributed by atoms with Crippen molar-refractivity contribution < 1.29 is 12.8 Å². The van der Waals surface area contributed by atoms with E-state index in [1.807, 2.05) is 34.0 Å². The predicted octanol–water partition coefficient (Wildman–Crippen LogP) is 2.20. The molecule has 0 radical (unpaired) electrons. The fourth-order valence-electron chi connectivity index (χ4n) is 1.33. The molecule has 0 aliphatic heterocycles. The number of rotatable bonds is 7. The zero-order valence-electron chi connectivity index (χ0n) is 12.7. The van der Waals surface area contributed by atoms with Gasteiger partial charge in [-0.05, 0) is 39.2 Å². The summed E-state index contributed by atoms with van der Waals surface area (Å²) in [4.78, 5) is 0. The molecule has 1 unspecified atom stereocenters. The summed E-state index contributed by atoms with van der Waals surface area (Å²) in [5, 5.41) is 3.44. The molecule has 5 nitrogen and oxygen atoms in total. The lowest BCUT2D eigenvalue weighted by atomic mass is 10.1. The van der Waals surface area contributed by atoms with Gasteiger partial charge in [-0.1, -0.05) is 6.92 Å². The van der Waals surface area contributed by atoms with Crippen molar-refractivity contribution in [2.75, 3.05) is 12.8 Å². The van der Waals surface area contributed by atoms with Crippen LogP contribution in [0.2, 0.25) is 0 Å². The summed E-state index contributed by atoms with van der Waals surface area (Å²) in [6.07, 6.45) is 1.95. The molecule has 20 heavy (non-hydrogen) atoms. The number of furan rings is 1. The van der Waals surface area contributed by atoms with Gasteiger partial charge in [0.1, 0.15) is 5.76 Å². The van der Waals surface area contributed by atoms with Crippen molar-refractivity contribution in [1.82, 2.24) is 10.0 Å². The molecule has 0 bridgehead atoms. The molecular weight excluding hydrogens is 296 g/mol. The Kier molecular flexibility index (Phi) is 6.12. The van der Waals surface area contributed by atoms with Crippen LogP contribution in [-0.4, -0.2) is 32.0 Å². The van der Waals surface area contributed by atoms with E-state index in [9.17, 15) is 8.42 Å². The topological polar surface area (TPSA) is 71.3 Å². The van der Waals surface area contributed by atoms with Gasteiger partial charge in [0.05, 0.1) is 6.54 Å². The lowest BCUT2D eigenvalue weighted by molar-refractivity contribution is 0.359. The van der Waals surface area contributed by atoms with Crippen LogP contribution in [0, 0.1) is 0 Å². The Hall–Kier alpha value is -0.500. The van der Waals surface area contributed by atoms with Gasteiger partial charge < -0.3 is 9.73 Å². The first-order chi connectivity index (χ1) is 9.14. The molecule has 1 aromatic heterocycles. The van der Waals surface area contributed by atoms with E-state index in [1.54, 1.807) is 17.8 Å². The van der Waals surface area contributed by atoms with E-state index in [0.717, 1.165) is 0 Å². The molecule has 0 saturated carbocycles. The molecule has 0 aliphatic rings. The van der Waals surface area contributed by atoms with Crippen molar-refractivity contribution in [2.45, 2.75) is 50.1 Å². The molecule has 0 fully saturated rings. The number of nitrogens with one attached hydrogen (secondary N) is 2. The Bertz CT molecular complexity index is 518. The highest BCUT2D eigenvalue weighted by Gasteiger charge is 2.19. The molecule has 7 heteroatoms. The van der Waals surface area contributed by atoms with E-state index >= 15 is 0 Å². The maximum Gasteiger partial charge on any atom is 0.273 e. The molecule has 116 valence electrons. The largest absolute Gasteiger partial charge is 0.447 e. The molecule has 0 amide bonds. The highest BCUT2D eigenvalue weighted by molar-refractivity contribution is 7.99. The fraction of sp³-hybridized carbons (Fsp3) is 0.692. The van der Waals surface area contributed by atoms with Crippen LogP contribution >= 0.6 is 11.8 Å². The zero-order chi connectivity index (χ0) is 15.4. The number of sulfonamides is 1. The van der Waals surface area contributed by atoms with Crippen LogP contribution in [-0.2, 0) is 16.6 Å². The van der Waals surface area contributed by atoms with E-state index in [-0.39, 0.29) is 15.9 Å². The SMILES string of the molecule is CSC(C)CNS(=O)(=O)c1ccc(CNC(C)(C)C)o1. The summed E-state index contributed by atoms with van der Waals surface area (Å²) in [6.45, 7) is 8.98. The van der Waals surface area contributed by atoms with Gasteiger partial charge in [-0.25, -0.2) is 13.1 Å². The minimum absolute atomic E-state index is 0.0310. The van der Waals surface area contributed by atoms with Crippen LogP contribution in [0.3, 0.4) is 0 Å². The van der Waals surface area contributed by atoms with E-state index in [0.29, 0.717) is 18.8 Å². The van der Waals surface area contributed by atoms with Gasteiger partial charge in [0.2, 0.25) is 5.09 Å². The fourth-order valence-corrected chi connectivity index (χ4v) is 2.76. The Balaban J connectivity index is 2.66. The summed E-state index contributed by atoms with van der Waals surface area (Å²) < 4.78 is 32.0. The van der Waals surface area contributed by atoms with Gasteiger partial charge in [0.25, 0.3) is 10.0 Å². The maximum atomic E-state index is 12.0. The molecule has 1 aromatic rings. The van der Waals surface area contributed by atoms with Crippen LogP contribution in [0.4, 0.5) is 0 Å². The van der Waals surface area contributed by atoms with Crippen molar-refractivity contribution in [3.63, 3.8) is 0 Å². The summed E-state index contributed by atoms with van der Waals surface area (Å²) in [5.74, 6) is 0.609. The summed E-state index contributed by atoms with van der Waals surface area (Å²) in [5.41, 5.74) is -0.0438. The second kappa shape index (κ2) is 6.98. The van der Waals surface area contributed by atoms with Gasteiger partial charge in [-0.15, -0.1) is 0 Å². The molecule has 1 rings (SSSR count). The third-order valence-corrected chi connectivity index (χ3v) is 4.93. The molecule has 0 spiro atoms. The molecule has 0 saturated heterocycles. The second-order valence-corrected chi connectivity index (χ2v) is 8.70. The van der Waals surface area contributed by atoms with E-state index in [2.05, 4.69) is 10.0 Å². The van der Waals surface area contributed by atoms with Crippen molar-refractivity contribution in [2.24, 2.45) is 0 Å². The van der Waals surface area contributed by atoms with E-state index < -0.39 is 10.0 Å². The van der Waals surface area contributed by atoms with Crippen LogP contribution in [0.15, 0.2) is 21.6 Å². The van der Waals surface area contributed by atoms with Gasteiger partial charge in [-0.2, -0.15) is 11.8 Å². The Morgan fingerprint density at radius 2 is 2.00 bits per heavy atom. The predicted molar refractivity (Wildman–Crippen MR) is 83.5 cm³/mol. The van der Waals surface area contributed by atoms with Gasteiger partial charge in [0, 0.05) is 17.3 Å². The van der Waals surface area contributed by atoms with Gasteiger partial charge in [0.15, 0.2) is 0 Å². The Morgan fingerprint density at radius 3 is 2.55 bits per heavy atom. The zero-order valence-corrected chi connectivity index (χ0v) is 14.3. The van der Waals surface area contributed by atoms with Crippen molar-refractivity contribution in [1.29, 1.82) is 0 Å². The highest BCUT2D eigenvalue weighted by atomic mass is 32.2. The van der Waals surface area contributed by atoms with Crippen LogP contribution < -0.4 is 10.0 Å². The summed E-state index contributed by atoms with van der Waals surface area (Å²) in [7, 11) is -3.56. The van der Waals surface area contributed by atoms with Crippen molar-refractivity contribution >= 4 is 21.8 Å². The van der Waals surface area contributed by atoms with Gasteiger partial charge in [-0.3, -0.25) is 0 Å². The minimum atomic E-state index is -3.56. The third-order valence-electron chi connectivity index (χ3n) is 2.66. The lowest BCUT2D eigenvalue weighted by Gasteiger charge is -2.19. The van der Waals surface area contributed by atoms with Crippen molar-refractivity contribution in [3.05, 3.63) is 17.9 Å². The maximum absolute atomic E-state index is 12.0. The Labute approximate surface area is 125 Å². The van der Waals surface area contributed by atoms with Crippen molar-refractivity contribution in [3.8, 4) is 0 Å². The second-order valence-electron chi connectivity index (χ2n) is 5.72. The molecule has 2 N–H and O–H groups in total. The standard InChI is InChI=1S/C13H24N2O3S2/c1-10(19-5)8-15-20(16,17)12-7-6-11(18-12)9-14-13(2,3)4/h6-7,10,14-15H,8-9H2,1-5H3. The number of hydrogen-bond acceptors (Lipinski definition) is 5. The normalized spacial score (nSPS) is 14.4. The molecule has 1 heterocycles. The lowest BCUT2D eigenvalue weighted by Crippen LogP contribution is -2.34. The first-order valence-electron chi connectivity index (χ1n) is 6.50. The molecular formula is C13H24N2O3S2. The van der Waals surface area contributed by atoms with Crippen LogP contribution in [0.1, 0.15) is 33.5 Å². The summed E-state index contributed by atoms with van der Waals surface area (Å²) >= 11 is 1.61. The van der Waals surface area contributed by atoms with Gasteiger partial charge >= 0.3 is 0 Å². The quantitative estimate of drug-likeness (QED) is 0.806. The molecule has 0 aliphatic carbocycles. The van der Waals surface area contributed by atoms with Crippen LogP contribution in [0.5, 0.6) is 0 Å². The first kappa shape index (κ1) is 17.6. The number of thioether (sulfide) groups is 1. The minimum Gasteiger partial charge on any atom is -0.447 e. The third kappa shape index (κ3) is 5.87. The first-order valence-corrected chi connectivity index (χ1v) is 9.27. The highest BCUT2D eigenvalue weighted by Crippen LogP contribution is 2.15. The van der Waals surface area contributed by atoms with E-state index in [1.165, 1.54) is 6.07 Å². The molecule has 0 aromatic carbocycles. The average Bonchev–Trinajstić information content (AvgIpc) is 2.82. The monoisotopic (exact) mass is 320 g/mol. The Morgan fingerprint density at radius 1 is 1.35 bits per heavy atom. The van der Waals surface area contributed by atoms with E-state index in [4.69, 9.17) is 4.42 Å². The number of hydrogen-bond donors (Lipinski definition) is 2. The molecule has 1 atom stereocenters. The average molecular weight is 320 g/mol.